The smallest absolute Gasteiger partial charge is 0.353 e. The summed E-state index contributed by atoms with van der Waals surface area (Å²) in [4.78, 5) is 11.3. The summed E-state index contributed by atoms with van der Waals surface area (Å²) >= 11 is 2.87. The molecule has 0 aliphatic rings. The fraction of sp³-hybridized carbons (Fsp3) is 0.455. The molecule has 0 aliphatic heterocycles. The molecule has 1 heterocycles. The van der Waals surface area contributed by atoms with Gasteiger partial charge in [-0.25, -0.2) is 0 Å². The summed E-state index contributed by atoms with van der Waals surface area (Å²) in [5.74, 6) is -0.264. The second-order valence-corrected chi connectivity index (χ2v) is 4.60. The average molecular weight is 340 g/mol. The molecule has 1 rings (SSSR count). The fourth-order valence-electron chi connectivity index (χ4n) is 1.40. The Balaban J connectivity index is 2.75. The van der Waals surface area contributed by atoms with Crippen LogP contribution in [0.3, 0.4) is 0 Å². The van der Waals surface area contributed by atoms with Crippen LogP contribution in [0.2, 0.25) is 0 Å². The van der Waals surface area contributed by atoms with Crippen LogP contribution in [0.1, 0.15) is 17.8 Å². The summed E-state index contributed by atoms with van der Waals surface area (Å²) in [5, 5.41) is 6.02. The van der Waals surface area contributed by atoms with Crippen LogP contribution >= 0.6 is 15.9 Å². The van der Waals surface area contributed by atoms with E-state index < -0.39 is 11.9 Å². The maximum Gasteiger partial charge on any atom is 0.436 e. The molecule has 1 N–H and O–H groups in total. The number of hydrogen-bond acceptors (Lipinski definition) is 2. The van der Waals surface area contributed by atoms with Gasteiger partial charge in [-0.1, -0.05) is 6.08 Å². The molecule has 106 valence electrons. The number of nitrogens with one attached hydrogen (secondary N) is 1. The van der Waals surface area contributed by atoms with Gasteiger partial charge in [0, 0.05) is 13.0 Å². The van der Waals surface area contributed by atoms with Gasteiger partial charge in [-0.05, 0) is 22.9 Å². The molecule has 4 nitrogen and oxygen atoms in total. The summed E-state index contributed by atoms with van der Waals surface area (Å²) in [7, 11) is 0. The molecule has 0 unspecified atom stereocenters. The predicted molar refractivity (Wildman–Crippen MR) is 67.5 cm³/mol. The SMILES string of the molecule is C=CCNC(=O)CCn1nc(C(F)(F)F)c(Br)c1C. The molecular weight excluding hydrogens is 327 g/mol. The summed E-state index contributed by atoms with van der Waals surface area (Å²) in [6, 6.07) is 0. The van der Waals surface area contributed by atoms with Gasteiger partial charge < -0.3 is 5.32 Å². The van der Waals surface area contributed by atoms with Crippen LogP contribution < -0.4 is 5.32 Å². The van der Waals surface area contributed by atoms with Gasteiger partial charge in [-0.15, -0.1) is 6.58 Å². The molecule has 0 saturated heterocycles. The van der Waals surface area contributed by atoms with Crippen LogP contribution in [0, 0.1) is 6.92 Å². The maximum absolute atomic E-state index is 12.6. The van der Waals surface area contributed by atoms with E-state index in [2.05, 4.69) is 32.9 Å². The van der Waals surface area contributed by atoms with Crippen LogP contribution in [0.25, 0.3) is 0 Å². The normalized spacial score (nSPS) is 11.4. The van der Waals surface area contributed by atoms with Crippen molar-refractivity contribution in [3.05, 3.63) is 28.5 Å². The van der Waals surface area contributed by atoms with Crippen LogP contribution in [-0.4, -0.2) is 22.2 Å². The van der Waals surface area contributed by atoms with Gasteiger partial charge in [0.05, 0.1) is 16.7 Å². The molecule has 8 heteroatoms. The van der Waals surface area contributed by atoms with Gasteiger partial charge >= 0.3 is 6.18 Å². The molecule has 0 radical (unpaired) electrons. The predicted octanol–water partition coefficient (Wildman–Crippen LogP) is 2.67. The standard InChI is InChI=1S/C11H13BrF3N3O/c1-3-5-16-8(19)4-6-18-7(2)9(12)10(17-18)11(13,14)15/h3H,1,4-6H2,2H3,(H,16,19). The molecule has 0 aliphatic carbocycles. The Morgan fingerprint density at radius 2 is 2.21 bits per heavy atom. The van der Waals surface area contributed by atoms with Crippen LogP contribution in [-0.2, 0) is 17.5 Å². The monoisotopic (exact) mass is 339 g/mol. The topological polar surface area (TPSA) is 46.9 Å². The Hall–Kier alpha value is -1.31. The zero-order valence-electron chi connectivity index (χ0n) is 10.2. The third-order valence-corrected chi connectivity index (χ3v) is 3.35. The van der Waals surface area contributed by atoms with Gasteiger partial charge in [0.1, 0.15) is 0 Å². The molecular formula is C11H13BrF3N3O. The number of rotatable bonds is 5. The zero-order chi connectivity index (χ0) is 14.6. The number of amides is 1. The van der Waals surface area contributed by atoms with Crippen molar-refractivity contribution in [2.45, 2.75) is 26.1 Å². The summed E-state index contributed by atoms with van der Waals surface area (Å²) in [5.41, 5.74) is -0.639. The zero-order valence-corrected chi connectivity index (χ0v) is 11.8. The number of carbonyl (C=O) groups is 1. The number of aromatic nitrogens is 2. The van der Waals surface area contributed by atoms with Gasteiger partial charge in [-0.3, -0.25) is 9.48 Å². The van der Waals surface area contributed by atoms with Crippen molar-refractivity contribution >= 4 is 21.8 Å². The molecule has 1 aromatic heterocycles. The third-order valence-electron chi connectivity index (χ3n) is 2.40. The minimum Gasteiger partial charge on any atom is -0.353 e. The van der Waals surface area contributed by atoms with Crippen molar-refractivity contribution in [3.8, 4) is 0 Å². The first-order chi connectivity index (χ1) is 8.77. The second kappa shape index (κ2) is 6.23. The van der Waals surface area contributed by atoms with E-state index in [0.717, 1.165) is 0 Å². The number of halogens is 4. The molecule has 0 bridgehead atoms. The number of nitrogens with zero attached hydrogens (tertiary/aromatic N) is 2. The first-order valence-corrected chi connectivity index (χ1v) is 6.24. The summed E-state index contributed by atoms with van der Waals surface area (Å²) in [6.45, 7) is 5.37. The van der Waals surface area contributed by atoms with E-state index >= 15 is 0 Å². The Labute approximate surface area is 116 Å². The molecule has 1 aromatic rings. The lowest BCUT2D eigenvalue weighted by atomic mass is 10.3. The first-order valence-electron chi connectivity index (χ1n) is 5.45. The van der Waals surface area contributed by atoms with Gasteiger partial charge in [0.2, 0.25) is 5.91 Å². The maximum atomic E-state index is 12.6. The number of alkyl halides is 3. The Bertz CT molecular complexity index is 482. The second-order valence-electron chi connectivity index (χ2n) is 3.81. The van der Waals surface area contributed by atoms with E-state index in [9.17, 15) is 18.0 Å². The lowest BCUT2D eigenvalue weighted by molar-refractivity contribution is -0.142. The minimum atomic E-state index is -4.51. The third kappa shape index (κ3) is 4.09. The van der Waals surface area contributed by atoms with Crippen LogP contribution in [0.15, 0.2) is 17.1 Å². The molecule has 0 fully saturated rings. The molecule has 0 saturated carbocycles. The van der Waals surface area contributed by atoms with E-state index in [-0.39, 0.29) is 23.3 Å². The van der Waals surface area contributed by atoms with E-state index in [1.807, 2.05) is 0 Å². The van der Waals surface area contributed by atoms with Gasteiger partial charge in [0.25, 0.3) is 0 Å². The number of carbonyl (C=O) groups excluding carboxylic acids is 1. The largest absolute Gasteiger partial charge is 0.436 e. The van der Waals surface area contributed by atoms with Crippen molar-refractivity contribution in [3.63, 3.8) is 0 Å². The van der Waals surface area contributed by atoms with Crippen LogP contribution in [0.4, 0.5) is 13.2 Å². The van der Waals surface area contributed by atoms with E-state index in [0.29, 0.717) is 12.2 Å². The minimum absolute atomic E-state index is 0.0557. The lowest BCUT2D eigenvalue weighted by Gasteiger charge is -2.05. The molecule has 19 heavy (non-hydrogen) atoms. The molecule has 1 amide bonds. The summed E-state index contributed by atoms with van der Waals surface area (Å²) < 4.78 is 38.9. The summed E-state index contributed by atoms with van der Waals surface area (Å²) in [6.07, 6.45) is -2.94. The van der Waals surface area contributed by atoms with Crippen molar-refractivity contribution < 1.29 is 18.0 Å². The highest BCUT2D eigenvalue weighted by atomic mass is 79.9. The molecule has 0 atom stereocenters. The fourth-order valence-corrected chi connectivity index (χ4v) is 1.91. The Morgan fingerprint density at radius 3 is 2.68 bits per heavy atom. The van der Waals surface area contributed by atoms with Gasteiger partial charge in [-0.2, -0.15) is 18.3 Å². The van der Waals surface area contributed by atoms with Crippen molar-refractivity contribution in [1.82, 2.24) is 15.1 Å². The number of hydrogen-bond donors (Lipinski definition) is 1. The van der Waals surface area contributed by atoms with Crippen LogP contribution in [0.5, 0.6) is 0 Å². The first kappa shape index (κ1) is 15.7. The quantitative estimate of drug-likeness (QED) is 0.838. The highest BCUT2D eigenvalue weighted by molar-refractivity contribution is 9.10. The van der Waals surface area contributed by atoms with Crippen molar-refractivity contribution in [2.75, 3.05) is 6.54 Å². The van der Waals surface area contributed by atoms with Gasteiger partial charge in [0.15, 0.2) is 5.69 Å². The van der Waals surface area contributed by atoms with E-state index in [4.69, 9.17) is 0 Å². The molecule has 0 spiro atoms. The van der Waals surface area contributed by atoms with Crippen molar-refractivity contribution in [2.24, 2.45) is 0 Å². The van der Waals surface area contributed by atoms with E-state index in [1.54, 1.807) is 0 Å². The van der Waals surface area contributed by atoms with Crippen molar-refractivity contribution in [1.29, 1.82) is 0 Å². The van der Waals surface area contributed by atoms with E-state index in [1.165, 1.54) is 17.7 Å². The Morgan fingerprint density at radius 1 is 1.58 bits per heavy atom. The average Bonchev–Trinajstić information content (AvgIpc) is 2.61. The lowest BCUT2D eigenvalue weighted by Crippen LogP contribution is -2.24. The number of aryl methyl sites for hydroxylation is 1. The highest BCUT2D eigenvalue weighted by Gasteiger charge is 2.37. The highest BCUT2D eigenvalue weighted by Crippen LogP contribution is 2.35. The Kier molecular flexibility index (Phi) is 5.16. The molecule has 0 aromatic carbocycles.